The molecule has 1 aliphatic carbocycles. The maximum atomic E-state index is 8.49. The number of allylic oxidation sites excluding steroid dienone is 5. The van der Waals surface area contributed by atoms with Crippen LogP contribution >= 0.6 is 0 Å². The van der Waals surface area contributed by atoms with E-state index in [1.54, 1.807) is 6.08 Å². The summed E-state index contributed by atoms with van der Waals surface area (Å²) in [6.07, 6.45) is 9.17. The Morgan fingerprint density at radius 3 is 2.86 bits per heavy atom. The normalized spacial score (nSPS) is 31.6. The Bertz CT molecular complexity index is 304. The zero-order valence-corrected chi connectivity index (χ0v) is 8.90. The van der Waals surface area contributed by atoms with Crippen LogP contribution in [0.1, 0.15) is 20.3 Å². The summed E-state index contributed by atoms with van der Waals surface area (Å²) in [5.74, 6) is 1.51. The average Bonchev–Trinajstić information content (AvgIpc) is 2.16. The van der Waals surface area contributed by atoms with E-state index in [4.69, 9.17) is 5.26 Å². The molecule has 0 aromatic carbocycles. The molecule has 74 valence electrons. The second-order valence-corrected chi connectivity index (χ2v) is 4.08. The van der Waals surface area contributed by atoms with Crippen LogP contribution in [0, 0.1) is 29.1 Å². The summed E-state index contributed by atoms with van der Waals surface area (Å²) in [6.45, 7) is 8.24. The molecule has 1 rings (SSSR count). The molecule has 0 N–H and O–H groups in total. The Balaban J connectivity index is 2.71. The van der Waals surface area contributed by atoms with Crippen LogP contribution in [0.3, 0.4) is 0 Å². The lowest BCUT2D eigenvalue weighted by Gasteiger charge is -2.27. The summed E-state index contributed by atoms with van der Waals surface area (Å²) in [5.41, 5.74) is 1.21. The minimum Gasteiger partial charge on any atom is -0.193 e. The lowest BCUT2D eigenvalue weighted by Crippen LogP contribution is -2.17. The van der Waals surface area contributed by atoms with Crippen LogP contribution < -0.4 is 0 Å². The maximum absolute atomic E-state index is 8.49. The monoisotopic (exact) mass is 187 g/mol. The van der Waals surface area contributed by atoms with Gasteiger partial charge in [-0.25, -0.2) is 0 Å². The first-order chi connectivity index (χ1) is 6.65. The fourth-order valence-corrected chi connectivity index (χ4v) is 1.82. The SMILES string of the molecule is C=C(C)C1C=CC(C)C(C=CC#N)C1. The van der Waals surface area contributed by atoms with Crippen LogP contribution in [0.5, 0.6) is 0 Å². The zero-order valence-electron chi connectivity index (χ0n) is 8.90. The quantitative estimate of drug-likeness (QED) is 0.479. The number of hydrogen-bond donors (Lipinski definition) is 0. The first-order valence-corrected chi connectivity index (χ1v) is 5.05. The van der Waals surface area contributed by atoms with E-state index in [0.717, 1.165) is 6.42 Å². The molecule has 14 heavy (non-hydrogen) atoms. The standard InChI is InChI=1S/C13H17N/c1-10(2)12-7-6-11(3)13(9-12)5-4-8-14/h4-7,11-13H,1,9H2,2-3H3. The van der Waals surface area contributed by atoms with Gasteiger partial charge in [-0.3, -0.25) is 0 Å². The minimum absolute atomic E-state index is 0.486. The van der Waals surface area contributed by atoms with Crippen LogP contribution in [0.4, 0.5) is 0 Å². The second-order valence-electron chi connectivity index (χ2n) is 4.08. The van der Waals surface area contributed by atoms with Gasteiger partial charge in [0.05, 0.1) is 6.07 Å². The van der Waals surface area contributed by atoms with E-state index in [1.165, 1.54) is 5.57 Å². The van der Waals surface area contributed by atoms with Crippen molar-refractivity contribution in [1.29, 1.82) is 5.26 Å². The lowest BCUT2D eigenvalue weighted by atomic mass is 9.77. The van der Waals surface area contributed by atoms with Crippen molar-refractivity contribution in [1.82, 2.24) is 0 Å². The van der Waals surface area contributed by atoms with Crippen LogP contribution in [-0.2, 0) is 0 Å². The number of nitrogens with zero attached hydrogens (tertiary/aromatic N) is 1. The Morgan fingerprint density at radius 2 is 2.29 bits per heavy atom. The van der Waals surface area contributed by atoms with Gasteiger partial charge in [0.1, 0.15) is 0 Å². The summed E-state index contributed by atoms with van der Waals surface area (Å²) >= 11 is 0. The van der Waals surface area contributed by atoms with E-state index in [0.29, 0.717) is 17.8 Å². The van der Waals surface area contributed by atoms with Gasteiger partial charge < -0.3 is 0 Å². The van der Waals surface area contributed by atoms with E-state index < -0.39 is 0 Å². The highest BCUT2D eigenvalue weighted by atomic mass is 14.3. The molecular formula is C13H17N. The topological polar surface area (TPSA) is 23.8 Å². The average molecular weight is 187 g/mol. The van der Waals surface area contributed by atoms with Crippen molar-refractivity contribution >= 4 is 0 Å². The summed E-state index contributed by atoms with van der Waals surface area (Å²) in [6, 6.07) is 2.05. The molecule has 0 aliphatic heterocycles. The summed E-state index contributed by atoms with van der Waals surface area (Å²) < 4.78 is 0. The molecule has 0 radical (unpaired) electrons. The summed E-state index contributed by atoms with van der Waals surface area (Å²) in [7, 11) is 0. The Kier molecular flexibility index (Phi) is 3.71. The molecule has 1 nitrogen and oxygen atoms in total. The van der Waals surface area contributed by atoms with Crippen molar-refractivity contribution < 1.29 is 0 Å². The van der Waals surface area contributed by atoms with E-state index in [2.05, 4.69) is 38.6 Å². The molecule has 0 bridgehead atoms. The largest absolute Gasteiger partial charge is 0.193 e. The van der Waals surface area contributed by atoms with Gasteiger partial charge in [-0.1, -0.05) is 37.3 Å². The molecule has 0 fully saturated rings. The number of rotatable bonds is 2. The molecule has 0 aromatic heterocycles. The van der Waals surface area contributed by atoms with Gasteiger partial charge in [0.15, 0.2) is 0 Å². The highest BCUT2D eigenvalue weighted by Crippen LogP contribution is 2.32. The van der Waals surface area contributed by atoms with E-state index in [1.807, 2.05) is 6.08 Å². The third kappa shape index (κ3) is 2.60. The Labute approximate surface area is 86.4 Å². The molecule has 1 aliphatic rings. The Morgan fingerprint density at radius 1 is 1.57 bits per heavy atom. The summed E-state index contributed by atoms with van der Waals surface area (Å²) in [5, 5.41) is 8.49. The van der Waals surface area contributed by atoms with Gasteiger partial charge in [-0.05, 0) is 31.1 Å². The molecule has 0 aromatic rings. The van der Waals surface area contributed by atoms with E-state index in [-0.39, 0.29) is 0 Å². The molecule has 3 atom stereocenters. The fraction of sp³-hybridized carbons (Fsp3) is 0.462. The van der Waals surface area contributed by atoms with Crippen molar-refractivity contribution in [2.24, 2.45) is 17.8 Å². The van der Waals surface area contributed by atoms with Crippen molar-refractivity contribution in [2.45, 2.75) is 20.3 Å². The van der Waals surface area contributed by atoms with Gasteiger partial charge in [-0.2, -0.15) is 5.26 Å². The van der Waals surface area contributed by atoms with Crippen LogP contribution in [0.25, 0.3) is 0 Å². The van der Waals surface area contributed by atoms with E-state index in [9.17, 15) is 0 Å². The molecule has 0 saturated carbocycles. The fourth-order valence-electron chi connectivity index (χ4n) is 1.82. The summed E-state index contributed by atoms with van der Waals surface area (Å²) in [4.78, 5) is 0. The molecule has 0 spiro atoms. The second kappa shape index (κ2) is 4.81. The molecule has 0 heterocycles. The van der Waals surface area contributed by atoms with Crippen molar-refractivity contribution in [2.75, 3.05) is 0 Å². The molecular weight excluding hydrogens is 170 g/mol. The van der Waals surface area contributed by atoms with Crippen molar-refractivity contribution in [3.63, 3.8) is 0 Å². The molecule has 1 heteroatoms. The molecule has 0 saturated heterocycles. The van der Waals surface area contributed by atoms with Crippen LogP contribution in [0.15, 0.2) is 36.5 Å². The lowest BCUT2D eigenvalue weighted by molar-refractivity contribution is 0.412. The third-order valence-corrected chi connectivity index (χ3v) is 2.90. The third-order valence-electron chi connectivity index (χ3n) is 2.90. The minimum atomic E-state index is 0.486. The van der Waals surface area contributed by atoms with Gasteiger partial charge in [0, 0.05) is 6.08 Å². The predicted octanol–water partition coefficient (Wildman–Crippen LogP) is 3.47. The maximum Gasteiger partial charge on any atom is 0.0908 e. The van der Waals surface area contributed by atoms with Crippen LogP contribution in [-0.4, -0.2) is 0 Å². The highest BCUT2D eigenvalue weighted by molar-refractivity contribution is 5.16. The van der Waals surface area contributed by atoms with Crippen molar-refractivity contribution in [3.05, 3.63) is 36.5 Å². The first kappa shape index (κ1) is 10.8. The van der Waals surface area contributed by atoms with Gasteiger partial charge >= 0.3 is 0 Å². The molecule has 0 amide bonds. The smallest absolute Gasteiger partial charge is 0.0908 e. The van der Waals surface area contributed by atoms with Gasteiger partial charge in [-0.15, -0.1) is 0 Å². The van der Waals surface area contributed by atoms with E-state index >= 15 is 0 Å². The number of hydrogen-bond acceptors (Lipinski definition) is 1. The van der Waals surface area contributed by atoms with Crippen molar-refractivity contribution in [3.8, 4) is 6.07 Å². The van der Waals surface area contributed by atoms with Gasteiger partial charge in [0.25, 0.3) is 0 Å². The Hall–Kier alpha value is -1.29. The first-order valence-electron chi connectivity index (χ1n) is 5.05. The van der Waals surface area contributed by atoms with Crippen LogP contribution in [0.2, 0.25) is 0 Å². The molecule has 3 unspecified atom stereocenters. The number of nitriles is 1. The van der Waals surface area contributed by atoms with Gasteiger partial charge in [0.2, 0.25) is 0 Å². The highest BCUT2D eigenvalue weighted by Gasteiger charge is 2.21. The zero-order chi connectivity index (χ0) is 10.6. The predicted molar refractivity (Wildman–Crippen MR) is 59.5 cm³/mol.